The number of hydrogen-bond donors (Lipinski definition) is 1. The Morgan fingerprint density at radius 2 is 1.88 bits per heavy atom. The minimum Gasteiger partial charge on any atom is -0.382 e. The summed E-state index contributed by atoms with van der Waals surface area (Å²) in [6.45, 7) is 6.49. The number of hydrogen-bond acceptors (Lipinski definition) is 8. The van der Waals surface area contributed by atoms with Crippen LogP contribution in [0, 0.1) is 5.41 Å². The first-order valence-corrected chi connectivity index (χ1v) is 9.58. The van der Waals surface area contributed by atoms with Crippen LogP contribution in [0.5, 0.6) is 0 Å². The van der Waals surface area contributed by atoms with Crippen LogP contribution in [-0.4, -0.2) is 33.4 Å². The van der Waals surface area contributed by atoms with Crippen molar-refractivity contribution in [1.82, 2.24) is 20.3 Å². The largest absolute Gasteiger partial charge is 0.382 e. The van der Waals surface area contributed by atoms with Gasteiger partial charge in [0.1, 0.15) is 5.82 Å². The van der Waals surface area contributed by atoms with Crippen LogP contribution in [0.1, 0.15) is 26.7 Å². The fraction of sp³-hybridized carbons (Fsp3) is 0.412. The topological polar surface area (TPSA) is 94.0 Å². The number of aromatic nitrogens is 4. The van der Waals surface area contributed by atoms with Crippen molar-refractivity contribution in [2.75, 3.05) is 23.7 Å². The molecule has 3 aromatic rings. The Morgan fingerprint density at radius 1 is 1.15 bits per heavy atom. The molecule has 1 fully saturated rings. The molecule has 1 aliphatic rings. The highest BCUT2D eigenvalue weighted by Crippen LogP contribution is 2.40. The number of halogens is 1. The van der Waals surface area contributed by atoms with Crippen LogP contribution < -0.4 is 10.6 Å². The fourth-order valence-corrected chi connectivity index (χ4v) is 4.13. The molecule has 26 heavy (non-hydrogen) atoms. The molecule has 0 amide bonds. The molecular weight excluding hydrogens is 372 g/mol. The summed E-state index contributed by atoms with van der Waals surface area (Å²) < 4.78 is 5.02. The Hall–Kier alpha value is -2.06. The van der Waals surface area contributed by atoms with E-state index in [2.05, 4.69) is 39.0 Å². The lowest BCUT2D eigenvalue weighted by molar-refractivity contribution is 0.279. The molecule has 9 heteroatoms. The summed E-state index contributed by atoms with van der Waals surface area (Å²) >= 11 is 7.67. The summed E-state index contributed by atoms with van der Waals surface area (Å²) in [5.41, 5.74) is 7.50. The number of nitrogen functional groups attached to an aromatic ring is 1. The maximum Gasteiger partial charge on any atom is 0.178 e. The number of piperidine rings is 1. The standard InChI is InChI=1S/C17H19ClN6OS/c1-17(2)4-7-24(8-5-17)16-14-13(22-25-23-14)11(9-21-16)26-10-3-6-20-15(19)12(10)18/h3,6,9H,4-5,7-8H2,1-2H3,(H2,19,20). The summed E-state index contributed by atoms with van der Waals surface area (Å²) in [4.78, 5) is 12.5. The zero-order valence-electron chi connectivity index (χ0n) is 14.6. The molecule has 4 heterocycles. The third kappa shape index (κ3) is 3.19. The number of fused-ring (bicyclic) bond motifs is 1. The lowest BCUT2D eigenvalue weighted by Crippen LogP contribution is -2.37. The van der Waals surface area contributed by atoms with Gasteiger partial charge in [-0.2, -0.15) is 0 Å². The van der Waals surface area contributed by atoms with Crippen LogP contribution in [0.3, 0.4) is 0 Å². The molecule has 4 rings (SSSR count). The summed E-state index contributed by atoms with van der Waals surface area (Å²) in [6, 6.07) is 1.81. The van der Waals surface area contributed by atoms with Crippen molar-refractivity contribution >= 4 is 46.0 Å². The lowest BCUT2D eigenvalue weighted by atomic mass is 9.83. The van der Waals surface area contributed by atoms with Crippen LogP contribution in [-0.2, 0) is 0 Å². The summed E-state index contributed by atoms with van der Waals surface area (Å²) in [5.74, 6) is 1.12. The second-order valence-electron chi connectivity index (χ2n) is 7.17. The van der Waals surface area contributed by atoms with Crippen LogP contribution in [0.4, 0.5) is 11.6 Å². The van der Waals surface area contributed by atoms with Gasteiger partial charge in [0, 0.05) is 30.4 Å². The molecule has 136 valence electrons. The van der Waals surface area contributed by atoms with E-state index in [-0.39, 0.29) is 0 Å². The predicted molar refractivity (Wildman–Crippen MR) is 103 cm³/mol. The highest BCUT2D eigenvalue weighted by atomic mass is 35.5. The lowest BCUT2D eigenvalue weighted by Gasteiger charge is -2.37. The molecule has 3 aromatic heterocycles. The molecule has 2 N–H and O–H groups in total. The fourth-order valence-electron chi connectivity index (χ4n) is 3.01. The molecule has 0 bridgehead atoms. The van der Waals surface area contributed by atoms with Crippen LogP contribution >= 0.6 is 23.4 Å². The normalized spacial score (nSPS) is 17.0. The van der Waals surface area contributed by atoms with Crippen molar-refractivity contribution in [3.63, 3.8) is 0 Å². The third-order valence-corrected chi connectivity index (χ3v) is 6.34. The van der Waals surface area contributed by atoms with E-state index in [1.807, 2.05) is 6.07 Å². The van der Waals surface area contributed by atoms with Gasteiger partial charge >= 0.3 is 0 Å². The van der Waals surface area contributed by atoms with Crippen molar-refractivity contribution < 1.29 is 4.63 Å². The van der Waals surface area contributed by atoms with Crippen molar-refractivity contribution in [1.29, 1.82) is 0 Å². The summed E-state index contributed by atoms with van der Waals surface area (Å²) in [6.07, 6.45) is 5.64. The number of nitrogens with zero attached hydrogens (tertiary/aromatic N) is 5. The second-order valence-corrected chi connectivity index (χ2v) is 8.63. The van der Waals surface area contributed by atoms with Crippen LogP contribution in [0.25, 0.3) is 11.0 Å². The van der Waals surface area contributed by atoms with Gasteiger partial charge in [0.05, 0.1) is 9.92 Å². The minimum absolute atomic E-state index is 0.298. The van der Waals surface area contributed by atoms with E-state index in [0.29, 0.717) is 27.3 Å². The Morgan fingerprint density at radius 3 is 2.65 bits per heavy atom. The molecule has 0 atom stereocenters. The first-order chi connectivity index (χ1) is 12.4. The van der Waals surface area contributed by atoms with Crippen LogP contribution in [0.15, 0.2) is 32.9 Å². The first-order valence-electron chi connectivity index (χ1n) is 8.39. The van der Waals surface area contributed by atoms with E-state index in [1.165, 1.54) is 11.8 Å². The molecule has 0 saturated carbocycles. The Bertz CT molecular complexity index is 950. The highest BCUT2D eigenvalue weighted by Gasteiger charge is 2.28. The molecule has 0 aliphatic carbocycles. The van der Waals surface area contributed by atoms with Crippen molar-refractivity contribution in [2.24, 2.45) is 5.41 Å². The molecular formula is C17H19ClN6OS. The van der Waals surface area contributed by atoms with Gasteiger partial charge in [0.2, 0.25) is 0 Å². The van der Waals surface area contributed by atoms with E-state index in [0.717, 1.165) is 41.5 Å². The molecule has 0 radical (unpaired) electrons. The van der Waals surface area contributed by atoms with Crippen molar-refractivity contribution in [2.45, 2.75) is 36.5 Å². The maximum absolute atomic E-state index is 6.25. The third-order valence-electron chi connectivity index (χ3n) is 4.75. The average Bonchev–Trinajstić information content (AvgIpc) is 3.10. The first kappa shape index (κ1) is 17.4. The van der Waals surface area contributed by atoms with Gasteiger partial charge in [-0.1, -0.05) is 37.2 Å². The van der Waals surface area contributed by atoms with Gasteiger partial charge in [-0.3, -0.25) is 0 Å². The van der Waals surface area contributed by atoms with E-state index >= 15 is 0 Å². The maximum atomic E-state index is 6.25. The summed E-state index contributed by atoms with van der Waals surface area (Å²) in [7, 11) is 0. The number of nitrogens with two attached hydrogens (primary N) is 1. The van der Waals surface area contributed by atoms with Gasteiger partial charge in [0.25, 0.3) is 0 Å². The smallest absolute Gasteiger partial charge is 0.178 e. The predicted octanol–water partition coefficient (Wildman–Crippen LogP) is 4.03. The molecule has 1 aliphatic heterocycles. The molecule has 0 unspecified atom stereocenters. The number of anilines is 2. The van der Waals surface area contributed by atoms with E-state index < -0.39 is 0 Å². The SMILES string of the molecule is CC1(C)CCN(c2ncc(Sc3ccnc(N)c3Cl)c3nonc23)CC1. The van der Waals surface area contributed by atoms with E-state index in [9.17, 15) is 0 Å². The molecule has 7 nitrogen and oxygen atoms in total. The second kappa shape index (κ2) is 6.59. The van der Waals surface area contributed by atoms with Gasteiger partial charge < -0.3 is 10.6 Å². The van der Waals surface area contributed by atoms with Gasteiger partial charge in [0.15, 0.2) is 16.9 Å². The monoisotopic (exact) mass is 390 g/mol. The van der Waals surface area contributed by atoms with Crippen LogP contribution in [0.2, 0.25) is 5.02 Å². The zero-order valence-corrected chi connectivity index (χ0v) is 16.1. The average molecular weight is 391 g/mol. The minimum atomic E-state index is 0.298. The van der Waals surface area contributed by atoms with E-state index in [4.69, 9.17) is 22.0 Å². The van der Waals surface area contributed by atoms with Crippen molar-refractivity contribution in [3.8, 4) is 0 Å². The Balaban J connectivity index is 1.67. The molecule has 1 saturated heterocycles. The van der Waals surface area contributed by atoms with Gasteiger partial charge in [-0.05, 0) is 34.6 Å². The Kier molecular flexibility index (Phi) is 4.40. The quantitative estimate of drug-likeness (QED) is 0.716. The van der Waals surface area contributed by atoms with E-state index in [1.54, 1.807) is 12.4 Å². The highest BCUT2D eigenvalue weighted by molar-refractivity contribution is 7.99. The van der Waals surface area contributed by atoms with Crippen molar-refractivity contribution in [3.05, 3.63) is 23.5 Å². The molecule has 0 aromatic carbocycles. The zero-order chi connectivity index (χ0) is 18.3. The number of rotatable bonds is 3. The van der Waals surface area contributed by atoms with Gasteiger partial charge in [-0.25, -0.2) is 14.6 Å². The van der Waals surface area contributed by atoms with Gasteiger partial charge in [-0.15, -0.1) is 0 Å². The number of pyridine rings is 2. The molecule has 0 spiro atoms. The summed E-state index contributed by atoms with van der Waals surface area (Å²) in [5, 5.41) is 8.61. The Labute approximate surface area is 160 Å².